The Morgan fingerprint density at radius 1 is 1.40 bits per heavy atom. The van der Waals surface area contributed by atoms with Crippen molar-refractivity contribution in [1.82, 2.24) is 20.1 Å². The molecular formula is C18H24FN5O. The first-order valence-corrected chi connectivity index (χ1v) is 8.70. The van der Waals surface area contributed by atoms with E-state index < -0.39 is 0 Å². The predicted octanol–water partition coefficient (Wildman–Crippen LogP) is 2.24. The minimum atomic E-state index is -0.365. The Labute approximate surface area is 146 Å². The molecule has 0 saturated carbocycles. The number of amides is 1. The highest BCUT2D eigenvalue weighted by atomic mass is 19.1. The monoisotopic (exact) mass is 345 g/mol. The lowest BCUT2D eigenvalue weighted by Gasteiger charge is -2.19. The largest absolute Gasteiger partial charge is 0.317 e. The van der Waals surface area contributed by atoms with Crippen LogP contribution < -0.4 is 10.6 Å². The van der Waals surface area contributed by atoms with Gasteiger partial charge in [0.05, 0.1) is 0 Å². The van der Waals surface area contributed by atoms with Gasteiger partial charge in [0.1, 0.15) is 5.82 Å². The molecule has 0 spiro atoms. The van der Waals surface area contributed by atoms with Crippen LogP contribution in [-0.4, -0.2) is 33.8 Å². The molecule has 0 radical (unpaired) electrons. The maximum atomic E-state index is 13.8. The third-order valence-corrected chi connectivity index (χ3v) is 4.65. The summed E-state index contributed by atoms with van der Waals surface area (Å²) < 4.78 is 15.4. The predicted molar refractivity (Wildman–Crippen MR) is 93.7 cm³/mol. The first kappa shape index (κ1) is 17.5. The Balaban J connectivity index is 1.64. The lowest BCUT2D eigenvalue weighted by Crippen LogP contribution is -2.27. The second-order valence-corrected chi connectivity index (χ2v) is 6.63. The number of nitrogens with one attached hydrogen (secondary N) is 2. The fourth-order valence-corrected chi connectivity index (χ4v) is 3.09. The van der Waals surface area contributed by atoms with Crippen LogP contribution >= 0.6 is 0 Å². The molecule has 1 atom stereocenters. The van der Waals surface area contributed by atoms with Crippen LogP contribution in [0.1, 0.15) is 37.1 Å². The Morgan fingerprint density at radius 2 is 2.12 bits per heavy atom. The summed E-state index contributed by atoms with van der Waals surface area (Å²) in [5.74, 6) is 0.717. The molecule has 7 heteroatoms. The summed E-state index contributed by atoms with van der Waals surface area (Å²) in [5.41, 5.74) is 0.540. The number of hydrogen-bond donors (Lipinski definition) is 2. The highest BCUT2D eigenvalue weighted by Crippen LogP contribution is 2.23. The van der Waals surface area contributed by atoms with Crippen LogP contribution in [0.25, 0.3) is 0 Å². The van der Waals surface area contributed by atoms with Gasteiger partial charge in [0.25, 0.3) is 0 Å². The summed E-state index contributed by atoms with van der Waals surface area (Å²) in [7, 11) is 1.77. The van der Waals surface area contributed by atoms with Gasteiger partial charge in [-0.1, -0.05) is 25.1 Å². The molecule has 1 saturated heterocycles. The van der Waals surface area contributed by atoms with Gasteiger partial charge in [-0.25, -0.2) is 9.07 Å². The molecule has 1 aliphatic heterocycles. The van der Waals surface area contributed by atoms with Crippen molar-refractivity contribution in [2.24, 2.45) is 13.0 Å². The fourth-order valence-electron chi connectivity index (χ4n) is 3.09. The van der Waals surface area contributed by atoms with Crippen LogP contribution in [0.2, 0.25) is 0 Å². The van der Waals surface area contributed by atoms with Gasteiger partial charge < -0.3 is 5.32 Å². The lowest BCUT2D eigenvalue weighted by molar-refractivity contribution is -0.119. The molecule has 2 aromatic rings. The fraction of sp³-hybridized carbons (Fsp3) is 0.500. The Hall–Kier alpha value is -2.28. The summed E-state index contributed by atoms with van der Waals surface area (Å²) in [6, 6.07) is 6.53. The van der Waals surface area contributed by atoms with Crippen molar-refractivity contribution >= 4 is 11.9 Å². The summed E-state index contributed by atoms with van der Waals surface area (Å²) in [5, 5.41) is 10.6. The minimum absolute atomic E-state index is 0.185. The summed E-state index contributed by atoms with van der Waals surface area (Å²) in [6.07, 6.45) is 2.35. The van der Waals surface area contributed by atoms with E-state index in [1.165, 1.54) is 6.07 Å². The third kappa shape index (κ3) is 4.22. The Morgan fingerprint density at radius 3 is 2.84 bits per heavy atom. The zero-order chi connectivity index (χ0) is 17.8. The van der Waals surface area contributed by atoms with Crippen molar-refractivity contribution in [3.63, 3.8) is 0 Å². The number of aromatic nitrogens is 3. The third-order valence-electron chi connectivity index (χ3n) is 4.65. The van der Waals surface area contributed by atoms with E-state index in [1.54, 1.807) is 36.9 Å². The van der Waals surface area contributed by atoms with Crippen LogP contribution in [0.3, 0.4) is 0 Å². The van der Waals surface area contributed by atoms with E-state index in [0.717, 1.165) is 31.8 Å². The van der Waals surface area contributed by atoms with Crippen molar-refractivity contribution in [2.45, 2.75) is 32.1 Å². The molecule has 2 heterocycles. The molecule has 1 amide bonds. The molecule has 134 valence electrons. The molecule has 1 aliphatic rings. The standard InChI is InChI=1S/C18H24FN5O/c1-12(11-14-5-3-4-6-15(14)19)17(25)22-18-21-16(23-24(18)2)13-7-9-20-10-8-13/h3-6,12-13,20H,7-11H2,1-2H3,(H,21,22,23,25). The second-order valence-electron chi connectivity index (χ2n) is 6.63. The van der Waals surface area contributed by atoms with Crippen LogP contribution in [-0.2, 0) is 18.3 Å². The zero-order valence-electron chi connectivity index (χ0n) is 14.6. The number of piperidine rings is 1. The van der Waals surface area contributed by atoms with Crippen molar-refractivity contribution in [1.29, 1.82) is 0 Å². The molecule has 25 heavy (non-hydrogen) atoms. The van der Waals surface area contributed by atoms with Gasteiger partial charge in [0.2, 0.25) is 11.9 Å². The first-order chi connectivity index (χ1) is 12.0. The van der Waals surface area contributed by atoms with E-state index in [1.807, 2.05) is 0 Å². The summed E-state index contributed by atoms with van der Waals surface area (Å²) in [4.78, 5) is 16.9. The molecule has 1 fully saturated rings. The van der Waals surface area contributed by atoms with Gasteiger partial charge in [-0.05, 0) is 44.0 Å². The van der Waals surface area contributed by atoms with Crippen molar-refractivity contribution < 1.29 is 9.18 Å². The minimum Gasteiger partial charge on any atom is -0.317 e. The van der Waals surface area contributed by atoms with Gasteiger partial charge in [0.15, 0.2) is 5.82 Å². The number of benzene rings is 1. The number of rotatable bonds is 5. The molecule has 1 aromatic heterocycles. The number of hydrogen-bond acceptors (Lipinski definition) is 4. The first-order valence-electron chi connectivity index (χ1n) is 8.70. The zero-order valence-corrected chi connectivity index (χ0v) is 14.6. The summed E-state index contributed by atoms with van der Waals surface area (Å²) in [6.45, 7) is 3.71. The molecular weight excluding hydrogens is 321 g/mol. The van der Waals surface area contributed by atoms with E-state index in [9.17, 15) is 9.18 Å². The quantitative estimate of drug-likeness (QED) is 0.872. The second kappa shape index (κ2) is 7.74. The van der Waals surface area contributed by atoms with Crippen molar-refractivity contribution in [2.75, 3.05) is 18.4 Å². The number of carbonyl (C=O) groups excluding carboxylic acids is 1. The van der Waals surface area contributed by atoms with E-state index >= 15 is 0 Å². The molecule has 1 aromatic carbocycles. The van der Waals surface area contributed by atoms with Crippen LogP contribution in [0.15, 0.2) is 24.3 Å². The molecule has 2 N–H and O–H groups in total. The lowest BCUT2D eigenvalue weighted by atomic mass is 9.98. The van der Waals surface area contributed by atoms with Gasteiger partial charge in [-0.15, -0.1) is 0 Å². The molecule has 6 nitrogen and oxygen atoms in total. The Kier molecular flexibility index (Phi) is 5.43. The highest BCUT2D eigenvalue weighted by molar-refractivity contribution is 5.90. The smallest absolute Gasteiger partial charge is 0.229 e. The normalized spacial score (nSPS) is 16.6. The SMILES string of the molecule is CC(Cc1ccccc1F)C(=O)Nc1nc(C2CCNCC2)nn1C. The van der Waals surface area contributed by atoms with Crippen LogP contribution in [0.5, 0.6) is 0 Å². The van der Waals surface area contributed by atoms with E-state index in [4.69, 9.17) is 0 Å². The Bertz CT molecular complexity index is 739. The van der Waals surface area contributed by atoms with E-state index in [2.05, 4.69) is 20.7 Å². The number of carbonyl (C=O) groups is 1. The topological polar surface area (TPSA) is 71.8 Å². The molecule has 3 rings (SSSR count). The average Bonchev–Trinajstić information content (AvgIpc) is 2.98. The molecule has 0 bridgehead atoms. The van der Waals surface area contributed by atoms with Gasteiger partial charge in [0, 0.05) is 18.9 Å². The summed E-state index contributed by atoms with van der Waals surface area (Å²) >= 11 is 0. The average molecular weight is 345 g/mol. The van der Waals surface area contributed by atoms with Gasteiger partial charge in [-0.3, -0.25) is 10.1 Å². The highest BCUT2D eigenvalue weighted by Gasteiger charge is 2.22. The molecule has 0 aliphatic carbocycles. The van der Waals surface area contributed by atoms with Crippen molar-refractivity contribution in [3.8, 4) is 0 Å². The van der Waals surface area contributed by atoms with E-state index in [0.29, 0.717) is 23.9 Å². The number of aryl methyl sites for hydroxylation is 1. The maximum Gasteiger partial charge on any atom is 0.229 e. The van der Waals surface area contributed by atoms with Crippen LogP contribution in [0, 0.1) is 11.7 Å². The number of anilines is 1. The maximum absolute atomic E-state index is 13.8. The van der Waals surface area contributed by atoms with Crippen molar-refractivity contribution in [3.05, 3.63) is 41.5 Å². The van der Waals surface area contributed by atoms with E-state index in [-0.39, 0.29) is 17.6 Å². The number of halogens is 1. The van der Waals surface area contributed by atoms with Gasteiger partial charge >= 0.3 is 0 Å². The van der Waals surface area contributed by atoms with Gasteiger partial charge in [-0.2, -0.15) is 10.1 Å². The molecule has 1 unspecified atom stereocenters. The van der Waals surface area contributed by atoms with Crippen LogP contribution in [0.4, 0.5) is 10.3 Å². The number of nitrogens with zero attached hydrogens (tertiary/aromatic N) is 3.